The van der Waals surface area contributed by atoms with Crippen molar-refractivity contribution in [1.29, 1.82) is 0 Å². The topological polar surface area (TPSA) is 183 Å². The van der Waals surface area contributed by atoms with Crippen molar-refractivity contribution in [2.24, 2.45) is 0 Å². The molecule has 0 saturated heterocycles. The number of carbonyl (C=O) groups is 6. The molecule has 12 nitrogen and oxygen atoms in total. The summed E-state index contributed by atoms with van der Waals surface area (Å²) in [5.41, 5.74) is -4.61. The van der Waals surface area contributed by atoms with Crippen LogP contribution < -0.4 is 0 Å². The fourth-order valence-electron chi connectivity index (χ4n) is 5.86. The van der Waals surface area contributed by atoms with Crippen molar-refractivity contribution in [3.05, 3.63) is 118 Å². The number of amides is 4. The van der Waals surface area contributed by atoms with Gasteiger partial charge in [-0.1, -0.05) is 85.0 Å². The standard InChI is InChI=1S/C30H20N2O10S/c33-23-19-11-13-29(27(37)38,17-7-3-1-4-8-17)15-21(19)25(35)31(23)43(41,42)32-24(34)20-12-14-30(28(39)40,16-22(20)26(32)36)18-9-5-2-6-10-18/h1-14H,15-16H2,(H,37,38)(H,39,40). The number of carboxylic acids is 2. The molecule has 4 amide bonds. The maximum Gasteiger partial charge on any atom is 0.345 e. The molecule has 2 heterocycles. The Kier molecular flexibility index (Phi) is 5.99. The molecule has 0 bridgehead atoms. The van der Waals surface area contributed by atoms with Gasteiger partial charge in [-0.25, -0.2) is 0 Å². The van der Waals surface area contributed by atoms with Crippen LogP contribution in [0, 0.1) is 0 Å². The average molecular weight is 601 g/mol. The number of carboxylic acid groups (broad SMARTS) is 2. The molecular weight excluding hydrogens is 580 g/mol. The normalized spacial score (nSPS) is 25.0. The molecule has 0 aromatic heterocycles. The van der Waals surface area contributed by atoms with Gasteiger partial charge in [0.2, 0.25) is 0 Å². The van der Waals surface area contributed by atoms with E-state index in [9.17, 15) is 47.4 Å². The molecule has 2 atom stereocenters. The predicted molar refractivity (Wildman–Crippen MR) is 146 cm³/mol. The van der Waals surface area contributed by atoms with Gasteiger partial charge in [0.15, 0.2) is 0 Å². The molecular formula is C30H20N2O10S. The number of imide groups is 2. The number of hydrogen-bond donors (Lipinski definition) is 2. The number of carbonyl (C=O) groups excluding carboxylic acids is 4. The first-order valence-corrected chi connectivity index (χ1v) is 14.2. The van der Waals surface area contributed by atoms with E-state index in [0.29, 0.717) is 0 Å². The van der Waals surface area contributed by atoms with E-state index >= 15 is 0 Å². The van der Waals surface area contributed by atoms with Gasteiger partial charge >= 0.3 is 22.1 Å². The van der Waals surface area contributed by atoms with E-state index in [-0.39, 0.29) is 30.9 Å². The minimum absolute atomic E-state index is 0.218. The van der Waals surface area contributed by atoms with E-state index in [4.69, 9.17) is 0 Å². The third-order valence-electron chi connectivity index (χ3n) is 8.15. The summed E-state index contributed by atoms with van der Waals surface area (Å²) in [4.78, 5) is 78.4. The first kappa shape index (κ1) is 27.7. The highest BCUT2D eigenvalue weighted by Crippen LogP contribution is 2.45. The summed E-state index contributed by atoms with van der Waals surface area (Å²) >= 11 is 0. The first-order chi connectivity index (χ1) is 20.4. The maximum absolute atomic E-state index is 13.7. The lowest BCUT2D eigenvalue weighted by Gasteiger charge is -2.29. The van der Waals surface area contributed by atoms with Crippen LogP contribution in [0.2, 0.25) is 0 Å². The van der Waals surface area contributed by atoms with E-state index in [0.717, 1.165) is 12.2 Å². The van der Waals surface area contributed by atoms with Crippen molar-refractivity contribution in [1.82, 2.24) is 8.61 Å². The van der Waals surface area contributed by atoms with E-state index in [1.54, 1.807) is 36.4 Å². The Hall–Kier alpha value is -5.43. The molecule has 13 heteroatoms. The van der Waals surface area contributed by atoms with Gasteiger partial charge in [0.05, 0.1) is 0 Å². The second kappa shape index (κ2) is 9.29. The minimum Gasteiger partial charge on any atom is -0.480 e. The Morgan fingerprint density at radius 3 is 1.28 bits per heavy atom. The van der Waals surface area contributed by atoms with Gasteiger partial charge in [-0.05, 0) is 11.1 Å². The lowest BCUT2D eigenvalue weighted by Crippen LogP contribution is -2.50. The van der Waals surface area contributed by atoms with Gasteiger partial charge in [0.25, 0.3) is 23.6 Å². The molecule has 0 fully saturated rings. The van der Waals surface area contributed by atoms with Crippen LogP contribution in [0.25, 0.3) is 0 Å². The van der Waals surface area contributed by atoms with Crippen LogP contribution in [-0.4, -0.2) is 62.8 Å². The van der Waals surface area contributed by atoms with E-state index < -0.39 is 80.6 Å². The molecule has 0 spiro atoms. The molecule has 4 aliphatic rings. The van der Waals surface area contributed by atoms with Crippen LogP contribution in [0.15, 0.2) is 107 Å². The van der Waals surface area contributed by atoms with Crippen LogP contribution in [0.4, 0.5) is 0 Å². The summed E-state index contributed by atoms with van der Waals surface area (Å²) in [6, 6.07) is 15.7. The molecule has 2 aliphatic heterocycles. The summed E-state index contributed by atoms with van der Waals surface area (Å²) in [6.45, 7) is 0. The second-order valence-corrected chi connectivity index (χ2v) is 12.0. The molecule has 2 aromatic carbocycles. The summed E-state index contributed by atoms with van der Waals surface area (Å²) in [5.74, 6) is -8.19. The fraction of sp³-hybridized carbons (Fsp3) is 0.133. The van der Waals surface area contributed by atoms with Gasteiger partial charge < -0.3 is 10.2 Å². The number of benzene rings is 2. The molecule has 2 aromatic rings. The van der Waals surface area contributed by atoms with E-state index in [2.05, 4.69) is 0 Å². The van der Waals surface area contributed by atoms with Crippen LogP contribution in [0.5, 0.6) is 0 Å². The SMILES string of the molecule is O=C1C2=C(CC(C(=O)O)(c3ccccc3)C=C2)C(=O)N1S(=O)(=O)N1C(=O)C2=C(CC(C(=O)O)(c3ccccc3)C=C2)C1=O. The summed E-state index contributed by atoms with van der Waals surface area (Å²) in [5, 5.41) is 20.2. The fourth-order valence-corrected chi connectivity index (χ4v) is 7.28. The predicted octanol–water partition coefficient (Wildman–Crippen LogP) is 1.53. The lowest BCUT2D eigenvalue weighted by molar-refractivity contribution is -0.143. The van der Waals surface area contributed by atoms with Crippen LogP contribution >= 0.6 is 0 Å². The highest BCUT2D eigenvalue weighted by molar-refractivity contribution is 7.89. The number of rotatable bonds is 6. The Balaban J connectivity index is 1.33. The maximum atomic E-state index is 13.7. The summed E-state index contributed by atoms with van der Waals surface area (Å²) < 4.78 is 27.0. The molecule has 216 valence electrons. The number of aliphatic carboxylic acids is 2. The summed E-state index contributed by atoms with van der Waals surface area (Å²) in [6.07, 6.45) is 3.36. The quantitative estimate of drug-likeness (QED) is 0.461. The van der Waals surface area contributed by atoms with Crippen molar-refractivity contribution in [3.63, 3.8) is 0 Å². The monoisotopic (exact) mass is 600 g/mol. The largest absolute Gasteiger partial charge is 0.480 e. The van der Waals surface area contributed by atoms with Crippen molar-refractivity contribution in [2.45, 2.75) is 23.7 Å². The second-order valence-electron chi connectivity index (χ2n) is 10.3. The molecule has 2 N–H and O–H groups in total. The van der Waals surface area contributed by atoms with E-state index in [1.807, 2.05) is 0 Å². The van der Waals surface area contributed by atoms with Gasteiger partial charge in [0, 0.05) is 35.1 Å². The average Bonchev–Trinajstić information content (AvgIpc) is 3.41. The van der Waals surface area contributed by atoms with E-state index in [1.165, 1.54) is 36.4 Å². The van der Waals surface area contributed by atoms with Crippen molar-refractivity contribution >= 4 is 45.8 Å². The zero-order valence-electron chi connectivity index (χ0n) is 22.0. The van der Waals surface area contributed by atoms with Crippen molar-refractivity contribution < 1.29 is 47.4 Å². The number of hydrogen-bond acceptors (Lipinski definition) is 8. The van der Waals surface area contributed by atoms with Gasteiger partial charge in [-0.2, -0.15) is 8.42 Å². The highest BCUT2D eigenvalue weighted by Gasteiger charge is 2.58. The number of nitrogens with zero attached hydrogens (tertiary/aromatic N) is 2. The van der Waals surface area contributed by atoms with Gasteiger partial charge in [-0.3, -0.25) is 28.8 Å². The zero-order valence-corrected chi connectivity index (χ0v) is 22.8. The van der Waals surface area contributed by atoms with Gasteiger partial charge in [-0.15, -0.1) is 8.61 Å². The smallest absolute Gasteiger partial charge is 0.345 e. The Bertz CT molecular complexity index is 1790. The first-order valence-electron chi connectivity index (χ1n) is 12.8. The van der Waals surface area contributed by atoms with Gasteiger partial charge in [0.1, 0.15) is 10.8 Å². The zero-order chi connectivity index (χ0) is 30.9. The van der Waals surface area contributed by atoms with Crippen molar-refractivity contribution in [3.8, 4) is 0 Å². The lowest BCUT2D eigenvalue weighted by atomic mass is 9.72. The third kappa shape index (κ3) is 3.71. The highest BCUT2D eigenvalue weighted by atomic mass is 32.2. The molecule has 2 aliphatic carbocycles. The molecule has 2 unspecified atom stereocenters. The third-order valence-corrected chi connectivity index (χ3v) is 9.73. The molecule has 0 radical (unpaired) electrons. The molecule has 43 heavy (non-hydrogen) atoms. The minimum atomic E-state index is -5.47. The summed E-state index contributed by atoms with van der Waals surface area (Å²) in [7, 11) is -5.47. The molecule has 6 rings (SSSR count). The molecule has 0 saturated carbocycles. The Morgan fingerprint density at radius 1 is 0.605 bits per heavy atom. The van der Waals surface area contributed by atoms with Crippen LogP contribution in [0.1, 0.15) is 24.0 Å². The van der Waals surface area contributed by atoms with Crippen molar-refractivity contribution in [2.75, 3.05) is 0 Å². The Morgan fingerprint density at radius 2 is 0.953 bits per heavy atom. The van der Waals surface area contributed by atoms with Crippen LogP contribution in [0.3, 0.4) is 0 Å². The van der Waals surface area contributed by atoms with Crippen LogP contribution in [-0.2, 0) is 49.8 Å². The Labute approximate surface area is 243 Å².